The van der Waals surface area contributed by atoms with Gasteiger partial charge in [0.1, 0.15) is 11.3 Å². The summed E-state index contributed by atoms with van der Waals surface area (Å²) in [5.74, 6) is 0.770. The van der Waals surface area contributed by atoms with Gasteiger partial charge in [0.05, 0.1) is 12.2 Å². The van der Waals surface area contributed by atoms with E-state index in [-0.39, 0.29) is 5.91 Å². The first-order chi connectivity index (χ1) is 10.2. The highest BCUT2D eigenvalue weighted by Gasteiger charge is 2.20. The zero-order valence-electron chi connectivity index (χ0n) is 12.5. The summed E-state index contributed by atoms with van der Waals surface area (Å²) in [5, 5.41) is 0. The lowest BCUT2D eigenvalue weighted by molar-refractivity contribution is 0.0366. The number of hydrogen-bond donors (Lipinski definition) is 1. The van der Waals surface area contributed by atoms with Gasteiger partial charge in [-0.05, 0) is 32.8 Å². The minimum atomic E-state index is -0.263. The molecule has 2 aromatic rings. The number of aryl methyl sites for hydroxylation is 3. The van der Waals surface area contributed by atoms with E-state index in [4.69, 9.17) is 4.84 Å². The Morgan fingerprint density at radius 1 is 1.38 bits per heavy atom. The Hall–Kier alpha value is -1.95. The van der Waals surface area contributed by atoms with Crippen molar-refractivity contribution >= 4 is 17.1 Å². The van der Waals surface area contributed by atoms with Crippen LogP contribution in [0.1, 0.15) is 48.1 Å². The van der Waals surface area contributed by atoms with Gasteiger partial charge in [0.2, 0.25) is 0 Å². The summed E-state index contributed by atoms with van der Waals surface area (Å²) < 4.78 is 2.16. The molecule has 0 fully saturated rings. The molecule has 1 aliphatic rings. The van der Waals surface area contributed by atoms with E-state index in [1.54, 1.807) is 6.07 Å². The van der Waals surface area contributed by atoms with Crippen LogP contribution in [-0.4, -0.2) is 27.0 Å². The first-order valence-electron chi connectivity index (χ1n) is 7.49. The number of amides is 1. The van der Waals surface area contributed by atoms with Crippen LogP contribution in [0.2, 0.25) is 0 Å². The summed E-state index contributed by atoms with van der Waals surface area (Å²) in [7, 11) is 0. The summed E-state index contributed by atoms with van der Waals surface area (Å²) in [4.78, 5) is 26.5. The van der Waals surface area contributed by atoms with Crippen molar-refractivity contribution in [3.63, 3.8) is 0 Å². The highest BCUT2D eigenvalue weighted by atomic mass is 16.6. The highest BCUT2D eigenvalue weighted by molar-refractivity contribution is 6.03. The van der Waals surface area contributed by atoms with E-state index < -0.39 is 0 Å². The number of carbonyl (C=O) groups excluding carboxylic acids is 1. The van der Waals surface area contributed by atoms with Crippen molar-refractivity contribution in [2.75, 3.05) is 6.61 Å². The Morgan fingerprint density at radius 3 is 3.05 bits per heavy atom. The van der Waals surface area contributed by atoms with Crippen molar-refractivity contribution in [1.82, 2.24) is 20.0 Å². The Kier molecular flexibility index (Phi) is 3.88. The largest absolute Gasteiger partial charge is 0.313 e. The zero-order valence-corrected chi connectivity index (χ0v) is 12.5. The number of pyridine rings is 1. The summed E-state index contributed by atoms with van der Waals surface area (Å²) in [6.45, 7) is 5.08. The fourth-order valence-electron chi connectivity index (χ4n) is 2.78. The molecule has 0 spiro atoms. The van der Waals surface area contributed by atoms with Crippen molar-refractivity contribution in [2.24, 2.45) is 0 Å². The van der Waals surface area contributed by atoms with Crippen molar-refractivity contribution in [3.8, 4) is 0 Å². The van der Waals surface area contributed by atoms with E-state index >= 15 is 0 Å². The molecule has 6 nitrogen and oxygen atoms in total. The molecule has 0 bridgehead atoms. The molecule has 1 aliphatic heterocycles. The number of rotatable bonds is 3. The topological polar surface area (TPSA) is 69.0 Å². The maximum absolute atomic E-state index is 12.2. The quantitative estimate of drug-likeness (QED) is 0.879. The molecule has 0 saturated carbocycles. The van der Waals surface area contributed by atoms with Gasteiger partial charge in [0, 0.05) is 18.7 Å². The predicted molar refractivity (Wildman–Crippen MR) is 78.9 cm³/mol. The second-order valence-corrected chi connectivity index (χ2v) is 5.34. The maximum atomic E-state index is 12.2. The lowest BCUT2D eigenvalue weighted by atomic mass is 10.2. The molecule has 21 heavy (non-hydrogen) atoms. The van der Waals surface area contributed by atoms with Crippen LogP contribution in [-0.2, 0) is 17.8 Å². The first-order valence-corrected chi connectivity index (χ1v) is 7.49. The lowest BCUT2D eigenvalue weighted by Gasteiger charge is -2.07. The Balaban J connectivity index is 2.10. The normalized spacial score (nSPS) is 14.8. The van der Waals surface area contributed by atoms with E-state index in [0.717, 1.165) is 43.0 Å². The molecule has 3 rings (SSSR count). The van der Waals surface area contributed by atoms with Crippen LogP contribution in [0.3, 0.4) is 0 Å². The zero-order chi connectivity index (χ0) is 14.8. The maximum Gasteiger partial charge on any atom is 0.277 e. The molecule has 0 aliphatic carbocycles. The van der Waals surface area contributed by atoms with Crippen molar-refractivity contribution in [1.29, 1.82) is 0 Å². The number of carbonyl (C=O) groups is 1. The fraction of sp³-hybridized carbons (Fsp3) is 0.533. The van der Waals surface area contributed by atoms with Gasteiger partial charge in [0.25, 0.3) is 5.91 Å². The number of imidazole rings is 1. The van der Waals surface area contributed by atoms with Crippen LogP contribution in [0.5, 0.6) is 0 Å². The molecule has 0 unspecified atom stereocenters. The number of hydroxylamine groups is 1. The number of nitrogens with zero attached hydrogens (tertiary/aromatic N) is 3. The molecular weight excluding hydrogens is 268 g/mol. The van der Waals surface area contributed by atoms with E-state index in [1.807, 2.05) is 13.8 Å². The van der Waals surface area contributed by atoms with Crippen molar-refractivity contribution < 1.29 is 9.63 Å². The van der Waals surface area contributed by atoms with Gasteiger partial charge in [-0.25, -0.2) is 15.4 Å². The van der Waals surface area contributed by atoms with Crippen LogP contribution in [0.15, 0.2) is 6.07 Å². The Morgan fingerprint density at radius 2 is 2.24 bits per heavy atom. The lowest BCUT2D eigenvalue weighted by Crippen LogP contribution is -2.24. The number of hydrogen-bond acceptors (Lipinski definition) is 4. The van der Waals surface area contributed by atoms with Gasteiger partial charge in [-0.3, -0.25) is 9.63 Å². The van der Waals surface area contributed by atoms with Crippen LogP contribution in [0, 0.1) is 6.92 Å². The molecule has 6 heteroatoms. The summed E-state index contributed by atoms with van der Waals surface area (Å²) in [5.41, 5.74) is 5.28. The highest BCUT2D eigenvalue weighted by Crippen LogP contribution is 2.23. The molecule has 0 atom stereocenters. The summed E-state index contributed by atoms with van der Waals surface area (Å²) >= 11 is 0. The van der Waals surface area contributed by atoms with Gasteiger partial charge >= 0.3 is 0 Å². The summed E-state index contributed by atoms with van der Waals surface area (Å²) in [6.07, 6.45) is 4.44. The van der Waals surface area contributed by atoms with E-state index in [1.165, 1.54) is 6.42 Å². The van der Waals surface area contributed by atoms with Gasteiger partial charge in [0.15, 0.2) is 5.65 Å². The smallest absolute Gasteiger partial charge is 0.277 e. The van der Waals surface area contributed by atoms with E-state index in [9.17, 15) is 4.79 Å². The molecule has 3 heterocycles. The Bertz CT molecular complexity index is 678. The van der Waals surface area contributed by atoms with Crippen LogP contribution >= 0.6 is 0 Å². The minimum absolute atomic E-state index is 0.263. The first kappa shape index (κ1) is 14.0. The minimum Gasteiger partial charge on any atom is -0.313 e. The average Bonchev–Trinajstić information content (AvgIpc) is 2.67. The van der Waals surface area contributed by atoms with Crippen molar-refractivity contribution in [2.45, 2.75) is 46.1 Å². The molecule has 1 amide bonds. The second-order valence-electron chi connectivity index (χ2n) is 5.34. The predicted octanol–water partition coefficient (Wildman–Crippen LogP) is 2.15. The van der Waals surface area contributed by atoms with Crippen molar-refractivity contribution in [3.05, 3.63) is 23.1 Å². The Labute approximate surface area is 123 Å². The molecule has 0 aromatic carbocycles. The monoisotopic (exact) mass is 288 g/mol. The average molecular weight is 288 g/mol. The van der Waals surface area contributed by atoms with Gasteiger partial charge in [-0.1, -0.05) is 6.42 Å². The number of fused-ring (bicyclic) bond motifs is 3. The fourth-order valence-corrected chi connectivity index (χ4v) is 2.78. The van der Waals surface area contributed by atoms with Crippen LogP contribution < -0.4 is 5.48 Å². The van der Waals surface area contributed by atoms with Crippen LogP contribution in [0.4, 0.5) is 0 Å². The third-order valence-corrected chi connectivity index (χ3v) is 3.75. The molecule has 0 saturated heterocycles. The number of aromatic nitrogens is 3. The third kappa shape index (κ3) is 2.63. The molecule has 112 valence electrons. The van der Waals surface area contributed by atoms with Crippen LogP contribution in [0.25, 0.3) is 11.2 Å². The molecule has 1 N–H and O–H groups in total. The van der Waals surface area contributed by atoms with Gasteiger partial charge in [-0.2, -0.15) is 0 Å². The standard InChI is InChI=1S/C15H20N4O2/c1-3-21-18-15(20)11-9-10(2)16-14-13(11)17-12-7-5-4-6-8-19(12)14/h9H,3-8H2,1-2H3,(H,18,20). The number of nitrogens with one attached hydrogen (secondary N) is 1. The molecule has 0 radical (unpaired) electrons. The van der Waals surface area contributed by atoms with E-state index in [2.05, 4.69) is 20.0 Å². The van der Waals surface area contributed by atoms with Gasteiger partial charge in [-0.15, -0.1) is 0 Å². The second kappa shape index (κ2) is 5.81. The third-order valence-electron chi connectivity index (χ3n) is 3.75. The molecule has 2 aromatic heterocycles. The van der Waals surface area contributed by atoms with Gasteiger partial charge < -0.3 is 4.57 Å². The molecular formula is C15H20N4O2. The van der Waals surface area contributed by atoms with E-state index in [0.29, 0.717) is 17.7 Å². The summed E-state index contributed by atoms with van der Waals surface area (Å²) in [6, 6.07) is 1.77. The SMILES string of the molecule is CCONC(=O)c1cc(C)nc2c1nc1n2CCCCC1.